The minimum Gasteiger partial charge on any atom is -0.406 e. The topological polar surface area (TPSA) is 73.9 Å². The number of halogens is 3. The zero-order chi connectivity index (χ0) is 27.3. The number of nitrogens with zero attached hydrogens (tertiary/aromatic N) is 2. The van der Waals surface area contributed by atoms with Crippen molar-refractivity contribution >= 4 is 11.8 Å². The number of hydrogen-bond acceptors (Lipinski definition) is 5. The Hall–Kier alpha value is -2.33. The Morgan fingerprint density at radius 3 is 2.55 bits per heavy atom. The minimum atomic E-state index is -4.71. The predicted molar refractivity (Wildman–Crippen MR) is 139 cm³/mol. The third kappa shape index (κ3) is 7.40. The van der Waals surface area contributed by atoms with E-state index in [0.717, 1.165) is 57.2 Å². The summed E-state index contributed by atoms with van der Waals surface area (Å²) in [6, 6.07) is 5.37. The standard InChI is InChI=1S/C28H41F3N4O3/c1-19(32-2)26(36)33-25(22-8-4-3-5-9-22)27(37)35-16-13-21-12-15-34(18-24(21)35)14-11-20-7-6-10-23(17-20)38-28(29,30)31/h6-7,10,17,19,21-22,24-25,32H,3-5,8-9,11-16,18H2,1-2H3,(H,33,36)/t19-,21-,24+,25-/m0/s1. The maximum absolute atomic E-state index is 14.0. The van der Waals surface area contributed by atoms with E-state index in [2.05, 4.69) is 20.3 Å². The first-order chi connectivity index (χ1) is 18.1. The molecule has 38 heavy (non-hydrogen) atoms. The molecule has 2 N–H and O–H groups in total. The molecule has 10 heteroatoms. The lowest BCUT2D eigenvalue weighted by molar-refractivity contribution is -0.274. The van der Waals surface area contributed by atoms with Crippen LogP contribution < -0.4 is 15.4 Å². The van der Waals surface area contributed by atoms with Crippen molar-refractivity contribution in [2.24, 2.45) is 11.8 Å². The number of fused-ring (bicyclic) bond motifs is 1. The Morgan fingerprint density at radius 2 is 1.84 bits per heavy atom. The molecule has 0 bridgehead atoms. The second kappa shape index (κ2) is 12.7. The van der Waals surface area contributed by atoms with E-state index in [-0.39, 0.29) is 35.6 Å². The average molecular weight is 539 g/mol. The van der Waals surface area contributed by atoms with Crippen LogP contribution in [0.3, 0.4) is 0 Å². The SMILES string of the molecule is CN[C@@H](C)C(=O)N[C@H](C(=O)N1CC[C@@H]2CCN(CCc3cccc(OC(F)(F)F)c3)C[C@H]21)C1CCCCC1. The fourth-order valence-corrected chi connectivity index (χ4v) is 6.30. The van der Waals surface area contributed by atoms with E-state index in [0.29, 0.717) is 25.4 Å². The zero-order valence-electron chi connectivity index (χ0n) is 22.4. The fourth-order valence-electron chi connectivity index (χ4n) is 6.30. The smallest absolute Gasteiger partial charge is 0.406 e. The summed E-state index contributed by atoms with van der Waals surface area (Å²) in [6.45, 7) is 4.86. The molecule has 0 spiro atoms. The fraction of sp³-hybridized carbons (Fsp3) is 0.714. The first-order valence-electron chi connectivity index (χ1n) is 14.0. The van der Waals surface area contributed by atoms with Crippen molar-refractivity contribution in [2.45, 2.75) is 82.8 Å². The van der Waals surface area contributed by atoms with Gasteiger partial charge in [-0.2, -0.15) is 0 Å². The van der Waals surface area contributed by atoms with Gasteiger partial charge in [0.2, 0.25) is 11.8 Å². The molecule has 7 nitrogen and oxygen atoms in total. The van der Waals surface area contributed by atoms with Gasteiger partial charge in [-0.15, -0.1) is 13.2 Å². The van der Waals surface area contributed by atoms with Crippen molar-refractivity contribution in [1.82, 2.24) is 20.4 Å². The summed E-state index contributed by atoms with van der Waals surface area (Å²) >= 11 is 0. The quantitative estimate of drug-likeness (QED) is 0.502. The van der Waals surface area contributed by atoms with Crippen LogP contribution in [0.4, 0.5) is 13.2 Å². The second-order valence-corrected chi connectivity index (χ2v) is 11.1. The number of carbonyl (C=O) groups is 2. The van der Waals surface area contributed by atoms with Crippen molar-refractivity contribution in [3.63, 3.8) is 0 Å². The number of benzene rings is 1. The molecule has 1 aromatic carbocycles. The van der Waals surface area contributed by atoms with Gasteiger partial charge >= 0.3 is 6.36 Å². The number of nitrogens with one attached hydrogen (secondary N) is 2. The molecule has 4 rings (SSSR count). The van der Waals surface area contributed by atoms with Crippen LogP contribution in [0.1, 0.15) is 57.4 Å². The summed E-state index contributed by atoms with van der Waals surface area (Å²) in [5.41, 5.74) is 0.784. The van der Waals surface area contributed by atoms with Crippen molar-refractivity contribution in [1.29, 1.82) is 0 Å². The Labute approximate surface area is 223 Å². The summed E-state index contributed by atoms with van der Waals surface area (Å²) in [6.07, 6.45) is 3.10. The van der Waals surface area contributed by atoms with Crippen LogP contribution in [-0.2, 0) is 16.0 Å². The van der Waals surface area contributed by atoms with Crippen molar-refractivity contribution in [2.75, 3.05) is 33.2 Å². The molecule has 1 aliphatic carbocycles. The van der Waals surface area contributed by atoms with E-state index in [9.17, 15) is 22.8 Å². The van der Waals surface area contributed by atoms with Crippen molar-refractivity contribution < 1.29 is 27.5 Å². The maximum Gasteiger partial charge on any atom is 0.573 e. The molecule has 0 unspecified atom stereocenters. The number of ether oxygens (including phenoxy) is 1. The number of rotatable bonds is 9. The molecule has 4 atom stereocenters. The molecular weight excluding hydrogens is 497 g/mol. The number of likely N-dealkylation sites (tertiary alicyclic amines) is 2. The molecule has 212 valence electrons. The summed E-state index contributed by atoms with van der Waals surface area (Å²) in [4.78, 5) is 31.0. The molecule has 3 aliphatic rings. The molecule has 3 fully saturated rings. The second-order valence-electron chi connectivity index (χ2n) is 11.1. The summed E-state index contributed by atoms with van der Waals surface area (Å²) in [7, 11) is 1.74. The average Bonchev–Trinajstić information content (AvgIpc) is 3.32. The van der Waals surface area contributed by atoms with E-state index in [1.165, 1.54) is 18.6 Å². The van der Waals surface area contributed by atoms with Crippen LogP contribution in [0.25, 0.3) is 0 Å². The largest absolute Gasteiger partial charge is 0.573 e. The van der Waals surface area contributed by atoms with Gasteiger partial charge < -0.3 is 25.2 Å². The Morgan fingerprint density at radius 1 is 1.11 bits per heavy atom. The molecule has 2 saturated heterocycles. The highest BCUT2D eigenvalue weighted by atomic mass is 19.4. The van der Waals surface area contributed by atoms with Crippen LogP contribution in [0, 0.1) is 11.8 Å². The highest BCUT2D eigenvalue weighted by Gasteiger charge is 2.44. The molecule has 2 aliphatic heterocycles. The van der Waals surface area contributed by atoms with E-state index in [1.54, 1.807) is 20.0 Å². The van der Waals surface area contributed by atoms with Gasteiger partial charge in [0.1, 0.15) is 11.8 Å². The van der Waals surface area contributed by atoms with E-state index in [4.69, 9.17) is 0 Å². The maximum atomic E-state index is 14.0. The number of hydrogen-bond donors (Lipinski definition) is 2. The molecule has 1 aromatic rings. The first-order valence-corrected chi connectivity index (χ1v) is 14.0. The molecule has 1 saturated carbocycles. The molecule has 0 radical (unpaired) electrons. The van der Waals surface area contributed by atoms with Gasteiger partial charge in [0, 0.05) is 25.7 Å². The lowest BCUT2D eigenvalue weighted by atomic mass is 9.83. The van der Waals surface area contributed by atoms with Gasteiger partial charge in [-0.3, -0.25) is 9.59 Å². The Bertz CT molecular complexity index is 954. The monoisotopic (exact) mass is 538 g/mol. The van der Waals surface area contributed by atoms with E-state index >= 15 is 0 Å². The number of piperidine rings is 1. The van der Waals surface area contributed by atoms with Gasteiger partial charge in [-0.25, -0.2) is 0 Å². The van der Waals surface area contributed by atoms with Crippen LogP contribution in [0.2, 0.25) is 0 Å². The third-order valence-electron chi connectivity index (χ3n) is 8.59. The Kier molecular flexibility index (Phi) is 9.57. The highest BCUT2D eigenvalue weighted by Crippen LogP contribution is 2.34. The van der Waals surface area contributed by atoms with Crippen LogP contribution in [-0.4, -0.2) is 79.3 Å². The van der Waals surface area contributed by atoms with E-state index in [1.807, 2.05) is 11.0 Å². The molecular formula is C28H41F3N4O3. The molecule has 2 amide bonds. The highest BCUT2D eigenvalue weighted by molar-refractivity contribution is 5.90. The number of likely N-dealkylation sites (N-methyl/N-ethyl adjacent to an activating group) is 1. The van der Waals surface area contributed by atoms with Crippen LogP contribution in [0.15, 0.2) is 24.3 Å². The summed E-state index contributed by atoms with van der Waals surface area (Å²) < 4.78 is 41.8. The zero-order valence-corrected chi connectivity index (χ0v) is 22.4. The molecule has 0 aromatic heterocycles. The van der Waals surface area contributed by atoms with Gasteiger partial charge in [0.25, 0.3) is 0 Å². The van der Waals surface area contributed by atoms with Crippen molar-refractivity contribution in [3.8, 4) is 5.75 Å². The molecule has 2 heterocycles. The lowest BCUT2D eigenvalue weighted by Crippen LogP contribution is -2.58. The first kappa shape index (κ1) is 28.7. The van der Waals surface area contributed by atoms with Gasteiger partial charge in [-0.1, -0.05) is 31.4 Å². The summed E-state index contributed by atoms with van der Waals surface area (Å²) in [5, 5.41) is 6.06. The van der Waals surface area contributed by atoms with Gasteiger partial charge in [0.15, 0.2) is 0 Å². The van der Waals surface area contributed by atoms with Gasteiger partial charge in [0.05, 0.1) is 6.04 Å². The lowest BCUT2D eigenvalue weighted by Gasteiger charge is -2.41. The number of alkyl halides is 3. The Balaban J connectivity index is 1.39. The van der Waals surface area contributed by atoms with Crippen LogP contribution in [0.5, 0.6) is 5.75 Å². The normalized spacial score (nSPS) is 24.5. The van der Waals surface area contributed by atoms with Crippen LogP contribution >= 0.6 is 0 Å². The number of carbonyl (C=O) groups excluding carboxylic acids is 2. The minimum absolute atomic E-state index is 0.0416. The van der Waals surface area contributed by atoms with Gasteiger partial charge in [-0.05, 0) is 82.2 Å². The van der Waals surface area contributed by atoms with Crippen molar-refractivity contribution in [3.05, 3.63) is 29.8 Å². The summed E-state index contributed by atoms with van der Waals surface area (Å²) in [5.74, 6) is 0.297. The predicted octanol–water partition coefficient (Wildman–Crippen LogP) is 3.72. The van der Waals surface area contributed by atoms with E-state index < -0.39 is 12.4 Å². The number of amides is 2. The third-order valence-corrected chi connectivity index (χ3v) is 8.59.